The highest BCUT2D eigenvalue weighted by Crippen LogP contribution is 2.12. The molecule has 2 aromatic heterocycles. The van der Waals surface area contributed by atoms with Gasteiger partial charge in [0.25, 0.3) is 5.56 Å². The van der Waals surface area contributed by atoms with Gasteiger partial charge in [-0.2, -0.15) is 0 Å². The van der Waals surface area contributed by atoms with Gasteiger partial charge in [0.05, 0.1) is 11.8 Å². The first-order valence-corrected chi connectivity index (χ1v) is 4.83. The second-order valence-electron chi connectivity index (χ2n) is 2.67. The fraction of sp³-hybridized carbons (Fsp3) is 0.250. The first kappa shape index (κ1) is 11.2. The number of hydrogen-bond donors (Lipinski definition) is 1. The van der Waals surface area contributed by atoms with Crippen LogP contribution < -0.4 is 11.3 Å². The van der Waals surface area contributed by atoms with Crippen LogP contribution in [-0.2, 0) is 6.54 Å². The highest BCUT2D eigenvalue weighted by Gasteiger charge is 2.03. The molecular formula is C8H10ClN3OS. The summed E-state index contributed by atoms with van der Waals surface area (Å²) in [5.74, 6) is 0. The van der Waals surface area contributed by atoms with E-state index in [0.717, 1.165) is 5.52 Å². The molecular weight excluding hydrogens is 222 g/mol. The molecule has 2 heterocycles. The molecule has 0 radical (unpaired) electrons. The average Bonchev–Trinajstić information content (AvgIpc) is 2.58. The zero-order valence-electron chi connectivity index (χ0n) is 7.34. The van der Waals surface area contributed by atoms with Gasteiger partial charge in [-0.05, 0) is 11.4 Å². The van der Waals surface area contributed by atoms with Crippen molar-refractivity contribution in [2.24, 2.45) is 5.73 Å². The second-order valence-corrected chi connectivity index (χ2v) is 3.58. The topological polar surface area (TPSA) is 60.9 Å². The Hall–Kier alpha value is -0.910. The van der Waals surface area contributed by atoms with Crippen molar-refractivity contribution < 1.29 is 0 Å². The van der Waals surface area contributed by atoms with E-state index in [0.29, 0.717) is 17.8 Å². The van der Waals surface area contributed by atoms with Crippen molar-refractivity contribution in [1.29, 1.82) is 0 Å². The summed E-state index contributed by atoms with van der Waals surface area (Å²) in [5.41, 5.74) is 6.14. The van der Waals surface area contributed by atoms with Gasteiger partial charge < -0.3 is 5.73 Å². The van der Waals surface area contributed by atoms with Crippen molar-refractivity contribution in [2.75, 3.05) is 6.54 Å². The predicted molar refractivity (Wildman–Crippen MR) is 60.2 cm³/mol. The lowest BCUT2D eigenvalue weighted by Gasteiger charge is -2.00. The van der Waals surface area contributed by atoms with E-state index in [2.05, 4.69) is 4.98 Å². The third-order valence-electron chi connectivity index (χ3n) is 1.81. The number of nitrogens with two attached hydrogens (primary N) is 1. The number of rotatable bonds is 2. The molecule has 0 fully saturated rings. The van der Waals surface area contributed by atoms with Crippen molar-refractivity contribution in [1.82, 2.24) is 9.55 Å². The zero-order valence-corrected chi connectivity index (χ0v) is 8.98. The molecule has 14 heavy (non-hydrogen) atoms. The predicted octanol–water partition coefficient (Wildman–Crippen LogP) is 0.839. The lowest BCUT2D eigenvalue weighted by molar-refractivity contribution is 0.674. The summed E-state index contributed by atoms with van der Waals surface area (Å²) in [5, 5.41) is 1.87. The van der Waals surface area contributed by atoms with Crippen LogP contribution in [0.3, 0.4) is 0 Å². The molecule has 0 amide bonds. The van der Waals surface area contributed by atoms with Crippen molar-refractivity contribution >= 4 is 34.0 Å². The minimum Gasteiger partial charge on any atom is -0.329 e. The van der Waals surface area contributed by atoms with Gasteiger partial charge >= 0.3 is 0 Å². The van der Waals surface area contributed by atoms with Gasteiger partial charge in [-0.25, -0.2) is 4.98 Å². The van der Waals surface area contributed by atoms with Crippen LogP contribution in [0.5, 0.6) is 0 Å². The lowest BCUT2D eigenvalue weighted by Crippen LogP contribution is -2.23. The summed E-state index contributed by atoms with van der Waals surface area (Å²) >= 11 is 1.42. The smallest absolute Gasteiger partial charge is 0.271 e. The standard InChI is InChI=1S/C8H9N3OS.ClH/c9-2-3-11-5-10-6-1-4-13-7(6)8(11)12;/h1,4-5H,2-3,9H2;1H. The Morgan fingerprint density at radius 3 is 3.07 bits per heavy atom. The van der Waals surface area contributed by atoms with Crippen LogP contribution in [0.2, 0.25) is 0 Å². The van der Waals surface area contributed by atoms with E-state index in [-0.39, 0.29) is 18.0 Å². The van der Waals surface area contributed by atoms with Crippen molar-refractivity contribution in [3.05, 3.63) is 28.1 Å². The number of aromatic nitrogens is 2. The Kier molecular flexibility index (Phi) is 3.62. The monoisotopic (exact) mass is 231 g/mol. The Morgan fingerprint density at radius 2 is 2.36 bits per heavy atom. The molecule has 2 aromatic rings. The maximum Gasteiger partial charge on any atom is 0.271 e. The molecule has 0 saturated carbocycles. The molecule has 0 aromatic carbocycles. The summed E-state index contributed by atoms with van der Waals surface area (Å²) in [4.78, 5) is 15.8. The van der Waals surface area contributed by atoms with Crippen LogP contribution in [0.15, 0.2) is 22.6 Å². The quantitative estimate of drug-likeness (QED) is 0.833. The van der Waals surface area contributed by atoms with Gasteiger partial charge in [-0.3, -0.25) is 9.36 Å². The lowest BCUT2D eigenvalue weighted by atomic mass is 10.4. The summed E-state index contributed by atoms with van der Waals surface area (Å²) < 4.78 is 2.25. The number of hydrogen-bond acceptors (Lipinski definition) is 4. The number of halogens is 1. The third kappa shape index (κ3) is 1.79. The maximum atomic E-state index is 11.7. The Balaban J connectivity index is 0.000000980. The molecule has 0 aliphatic heterocycles. The number of nitrogens with zero attached hydrogens (tertiary/aromatic N) is 2. The molecule has 0 atom stereocenters. The Labute approximate surface area is 90.8 Å². The van der Waals surface area contributed by atoms with Crippen LogP contribution in [0.25, 0.3) is 10.2 Å². The normalized spacial score (nSPS) is 10.1. The molecule has 0 unspecified atom stereocenters. The summed E-state index contributed by atoms with van der Waals surface area (Å²) in [6, 6.07) is 1.84. The zero-order chi connectivity index (χ0) is 9.26. The van der Waals surface area contributed by atoms with Crippen molar-refractivity contribution in [3.63, 3.8) is 0 Å². The molecule has 4 nitrogen and oxygen atoms in total. The minimum absolute atomic E-state index is 0. The average molecular weight is 232 g/mol. The summed E-state index contributed by atoms with van der Waals surface area (Å²) in [6.45, 7) is 0.984. The van der Waals surface area contributed by atoms with E-state index in [1.165, 1.54) is 11.3 Å². The summed E-state index contributed by atoms with van der Waals surface area (Å²) in [7, 11) is 0. The SMILES string of the molecule is Cl.NCCn1cnc2ccsc2c1=O. The molecule has 0 spiro atoms. The fourth-order valence-electron chi connectivity index (χ4n) is 1.18. The molecule has 0 aliphatic rings. The van der Waals surface area contributed by atoms with E-state index < -0.39 is 0 Å². The second kappa shape index (κ2) is 4.54. The van der Waals surface area contributed by atoms with Crippen LogP contribution in [0.1, 0.15) is 0 Å². The van der Waals surface area contributed by atoms with Crippen molar-refractivity contribution in [3.8, 4) is 0 Å². The van der Waals surface area contributed by atoms with Gasteiger partial charge in [0.15, 0.2) is 0 Å². The molecule has 2 N–H and O–H groups in total. The van der Waals surface area contributed by atoms with Gasteiger partial charge in [0.1, 0.15) is 4.70 Å². The number of fused-ring (bicyclic) bond motifs is 1. The summed E-state index contributed by atoms with van der Waals surface area (Å²) in [6.07, 6.45) is 1.55. The first-order valence-electron chi connectivity index (χ1n) is 3.95. The fourth-order valence-corrected chi connectivity index (χ4v) is 1.97. The maximum absolute atomic E-state index is 11.7. The third-order valence-corrected chi connectivity index (χ3v) is 2.70. The van der Waals surface area contributed by atoms with Crippen LogP contribution in [0, 0.1) is 0 Å². The highest BCUT2D eigenvalue weighted by atomic mass is 35.5. The highest BCUT2D eigenvalue weighted by molar-refractivity contribution is 7.17. The molecule has 2 rings (SSSR count). The van der Waals surface area contributed by atoms with E-state index >= 15 is 0 Å². The number of thiophene rings is 1. The molecule has 0 saturated heterocycles. The van der Waals surface area contributed by atoms with E-state index in [9.17, 15) is 4.79 Å². The van der Waals surface area contributed by atoms with Gasteiger partial charge in [-0.15, -0.1) is 23.7 Å². The van der Waals surface area contributed by atoms with Crippen molar-refractivity contribution in [2.45, 2.75) is 6.54 Å². The Bertz CT molecular complexity index is 479. The first-order chi connectivity index (χ1) is 6.33. The molecule has 0 bridgehead atoms. The molecule has 0 aliphatic carbocycles. The van der Waals surface area contributed by atoms with Crippen LogP contribution >= 0.6 is 23.7 Å². The molecule has 76 valence electrons. The van der Waals surface area contributed by atoms with E-state index in [4.69, 9.17) is 5.73 Å². The van der Waals surface area contributed by atoms with Gasteiger partial charge in [0.2, 0.25) is 0 Å². The van der Waals surface area contributed by atoms with Gasteiger partial charge in [-0.1, -0.05) is 0 Å². The largest absolute Gasteiger partial charge is 0.329 e. The van der Waals surface area contributed by atoms with E-state index in [1.54, 1.807) is 10.9 Å². The molecule has 6 heteroatoms. The minimum atomic E-state index is 0. The Morgan fingerprint density at radius 1 is 1.57 bits per heavy atom. The van der Waals surface area contributed by atoms with Crippen LogP contribution in [-0.4, -0.2) is 16.1 Å². The van der Waals surface area contributed by atoms with Crippen LogP contribution in [0.4, 0.5) is 0 Å². The van der Waals surface area contributed by atoms with E-state index in [1.807, 2.05) is 11.4 Å². The van der Waals surface area contributed by atoms with Gasteiger partial charge in [0, 0.05) is 13.1 Å².